The lowest BCUT2D eigenvalue weighted by Crippen LogP contribution is -2.60. The Morgan fingerprint density at radius 1 is 1.35 bits per heavy atom. The second-order valence-corrected chi connectivity index (χ2v) is 8.18. The second-order valence-electron chi connectivity index (χ2n) is 6.83. The monoisotopic (exact) mass is 491 g/mol. The van der Waals surface area contributed by atoms with Crippen LogP contribution in [0.4, 0.5) is 15.9 Å². The number of benzene rings is 1. The summed E-state index contributed by atoms with van der Waals surface area (Å²) in [6.07, 6.45) is 0. The van der Waals surface area contributed by atoms with Gasteiger partial charge in [0.05, 0.1) is 44.5 Å². The van der Waals surface area contributed by atoms with Crippen LogP contribution in [0.3, 0.4) is 0 Å². The Balaban J connectivity index is 2.17. The van der Waals surface area contributed by atoms with E-state index in [-0.39, 0.29) is 28.2 Å². The van der Waals surface area contributed by atoms with E-state index in [1.165, 1.54) is 9.70 Å². The Kier molecular flexibility index (Phi) is 4.16. The van der Waals surface area contributed by atoms with E-state index < -0.39 is 17.5 Å². The van der Waals surface area contributed by atoms with Gasteiger partial charge in [-0.3, -0.25) is 4.79 Å². The third-order valence-corrected chi connectivity index (χ3v) is 6.39. The van der Waals surface area contributed by atoms with Crippen LogP contribution in [0.15, 0.2) is 4.79 Å². The Bertz CT molecular complexity index is 1030. The van der Waals surface area contributed by atoms with Gasteiger partial charge in [-0.1, -0.05) is 11.6 Å². The predicted octanol–water partition coefficient (Wildman–Crippen LogP) is 2.16. The molecule has 2 aliphatic heterocycles. The summed E-state index contributed by atoms with van der Waals surface area (Å²) in [7, 11) is 1.92. The third kappa shape index (κ3) is 2.36. The molecule has 3 heterocycles. The molecule has 2 unspecified atom stereocenters. The lowest BCUT2D eigenvalue weighted by molar-refractivity contribution is -0.118. The molecule has 2 aromatic rings. The molecule has 1 N–H and O–H groups in total. The second kappa shape index (κ2) is 6.03. The van der Waals surface area contributed by atoms with Crippen LogP contribution < -0.4 is 15.9 Å². The van der Waals surface area contributed by atoms with Crippen molar-refractivity contribution >= 4 is 62.8 Å². The summed E-state index contributed by atoms with van der Waals surface area (Å²) in [5.41, 5.74) is 0.0694. The van der Waals surface area contributed by atoms with Crippen molar-refractivity contribution in [2.75, 3.05) is 30.4 Å². The summed E-state index contributed by atoms with van der Waals surface area (Å²) < 4.78 is 16.3. The molecule has 138 valence electrons. The molecule has 1 saturated heterocycles. The maximum Gasteiger partial charge on any atom is 0.359 e. The number of halogens is 3. The highest BCUT2D eigenvalue weighted by Crippen LogP contribution is 2.43. The molecular weight excluding hydrogens is 476 g/mol. The van der Waals surface area contributed by atoms with Crippen LogP contribution in [0.5, 0.6) is 0 Å². The number of anilines is 2. The Morgan fingerprint density at radius 2 is 2.04 bits per heavy atom. The smallest absolute Gasteiger partial charge is 0.338 e. The highest BCUT2D eigenvalue weighted by atomic mass is 127. The molecule has 1 aromatic carbocycles. The zero-order chi connectivity index (χ0) is 18.9. The molecule has 0 aliphatic carbocycles. The molecule has 0 radical (unpaired) electrons. The minimum atomic E-state index is -0.602. The van der Waals surface area contributed by atoms with E-state index in [4.69, 9.17) is 11.6 Å². The van der Waals surface area contributed by atoms with E-state index in [0.717, 1.165) is 0 Å². The van der Waals surface area contributed by atoms with Crippen molar-refractivity contribution in [3.63, 3.8) is 0 Å². The maximum atomic E-state index is 15.0. The zero-order valence-electron chi connectivity index (χ0n) is 14.3. The standard InChI is InChI=1S/C16H16ClFIN5O2/c1-6-4-22(3)5-8-15(25)20-12-9-13(10(17)7(2)11(12)18)24(19)16(26)21-14(9)23(6)8/h6,8H,4-5H2,1-3H3,(H,20,25). The molecular formula is C16H16ClFIN5O2. The van der Waals surface area contributed by atoms with Crippen molar-refractivity contribution in [3.8, 4) is 0 Å². The van der Waals surface area contributed by atoms with E-state index in [1.807, 2.05) is 23.8 Å². The van der Waals surface area contributed by atoms with Crippen LogP contribution in [0, 0.1) is 12.7 Å². The maximum absolute atomic E-state index is 15.0. The number of piperazine rings is 1. The Morgan fingerprint density at radius 3 is 2.73 bits per heavy atom. The summed E-state index contributed by atoms with van der Waals surface area (Å²) in [5.74, 6) is -0.622. The number of fused-ring (bicyclic) bond motifs is 2. The predicted molar refractivity (Wildman–Crippen MR) is 107 cm³/mol. The van der Waals surface area contributed by atoms with E-state index in [2.05, 4.69) is 10.3 Å². The lowest BCUT2D eigenvalue weighted by atomic mass is 10.1. The van der Waals surface area contributed by atoms with Gasteiger partial charge in [-0.15, -0.1) is 0 Å². The van der Waals surface area contributed by atoms with Crippen LogP contribution >= 0.6 is 34.5 Å². The molecule has 0 spiro atoms. The van der Waals surface area contributed by atoms with Gasteiger partial charge in [0.25, 0.3) is 0 Å². The van der Waals surface area contributed by atoms with Crippen LogP contribution in [0.2, 0.25) is 5.02 Å². The molecule has 1 amide bonds. The van der Waals surface area contributed by atoms with Gasteiger partial charge in [0, 0.05) is 24.7 Å². The minimum absolute atomic E-state index is 0.0315. The van der Waals surface area contributed by atoms with E-state index >= 15 is 0 Å². The number of carbonyl (C=O) groups excluding carboxylic acids is 1. The van der Waals surface area contributed by atoms with Gasteiger partial charge in [-0.05, 0) is 20.9 Å². The van der Waals surface area contributed by atoms with Crippen molar-refractivity contribution < 1.29 is 9.18 Å². The van der Waals surface area contributed by atoms with Crippen LogP contribution in [-0.4, -0.2) is 50.8 Å². The summed E-state index contributed by atoms with van der Waals surface area (Å²) in [5, 5.41) is 3.22. The van der Waals surface area contributed by atoms with Crippen molar-refractivity contribution in [2.45, 2.75) is 25.9 Å². The quantitative estimate of drug-likeness (QED) is 0.572. The van der Waals surface area contributed by atoms with E-state index in [0.29, 0.717) is 29.8 Å². The Labute approximate surface area is 167 Å². The SMILES string of the molecule is Cc1c(F)c2c3c(nc(=O)n(I)c3c1Cl)N1C(C)CN(C)CC1C(=O)N2. The van der Waals surface area contributed by atoms with Gasteiger partial charge in [0.2, 0.25) is 5.91 Å². The molecule has 10 heteroatoms. The first kappa shape index (κ1) is 17.9. The molecule has 0 bridgehead atoms. The molecule has 1 aromatic heterocycles. The summed E-state index contributed by atoms with van der Waals surface area (Å²) >= 11 is 8.19. The largest absolute Gasteiger partial charge is 0.359 e. The van der Waals surface area contributed by atoms with Crippen molar-refractivity contribution in [3.05, 3.63) is 26.9 Å². The molecule has 1 fully saturated rings. The summed E-state index contributed by atoms with van der Waals surface area (Å²) in [6.45, 7) is 4.62. The first-order valence-corrected chi connectivity index (χ1v) is 9.44. The highest BCUT2D eigenvalue weighted by molar-refractivity contribution is 14.1. The average Bonchev–Trinajstić information content (AvgIpc) is 2.69. The van der Waals surface area contributed by atoms with Crippen molar-refractivity contribution in [1.29, 1.82) is 0 Å². The molecule has 2 aliphatic rings. The fourth-order valence-corrected chi connectivity index (χ4v) is 4.86. The van der Waals surface area contributed by atoms with Crippen molar-refractivity contribution in [1.82, 2.24) is 12.7 Å². The van der Waals surface area contributed by atoms with Gasteiger partial charge < -0.3 is 15.1 Å². The fourth-order valence-electron chi connectivity index (χ4n) is 3.87. The van der Waals surface area contributed by atoms with Gasteiger partial charge >= 0.3 is 5.69 Å². The first-order chi connectivity index (χ1) is 12.2. The number of nitrogens with one attached hydrogen (secondary N) is 1. The molecule has 4 rings (SSSR count). The van der Waals surface area contributed by atoms with Gasteiger partial charge in [0.15, 0.2) is 5.82 Å². The number of likely N-dealkylation sites (N-methyl/N-ethyl adjacent to an activating group) is 1. The molecule has 26 heavy (non-hydrogen) atoms. The number of amides is 1. The highest BCUT2D eigenvalue weighted by Gasteiger charge is 2.41. The zero-order valence-corrected chi connectivity index (χ0v) is 17.2. The number of nitrogens with zero attached hydrogens (tertiary/aromatic N) is 4. The fraction of sp³-hybridized carbons (Fsp3) is 0.438. The topological polar surface area (TPSA) is 70.5 Å². The normalized spacial score (nSPS) is 23.0. The Hall–Kier alpha value is -1.46. The van der Waals surface area contributed by atoms with Crippen LogP contribution in [0.1, 0.15) is 12.5 Å². The molecule has 7 nitrogen and oxygen atoms in total. The minimum Gasteiger partial charge on any atom is -0.338 e. The summed E-state index contributed by atoms with van der Waals surface area (Å²) in [4.78, 5) is 33.4. The first-order valence-electron chi connectivity index (χ1n) is 8.10. The number of hydrogen-bond donors (Lipinski definition) is 1. The van der Waals surface area contributed by atoms with Crippen LogP contribution in [-0.2, 0) is 4.79 Å². The molecule has 0 saturated carbocycles. The van der Waals surface area contributed by atoms with Gasteiger partial charge in [0.1, 0.15) is 11.9 Å². The molecule has 2 atom stereocenters. The lowest BCUT2D eigenvalue weighted by Gasteiger charge is -2.43. The summed E-state index contributed by atoms with van der Waals surface area (Å²) in [6, 6.07) is -0.659. The van der Waals surface area contributed by atoms with Gasteiger partial charge in [-0.2, -0.15) is 4.98 Å². The average molecular weight is 492 g/mol. The third-order valence-electron chi connectivity index (χ3n) is 5.03. The van der Waals surface area contributed by atoms with E-state index in [1.54, 1.807) is 22.9 Å². The van der Waals surface area contributed by atoms with Crippen molar-refractivity contribution in [2.24, 2.45) is 0 Å². The number of rotatable bonds is 0. The number of aromatic nitrogens is 2. The van der Waals surface area contributed by atoms with E-state index in [9.17, 15) is 14.0 Å². The van der Waals surface area contributed by atoms with Crippen LogP contribution in [0.25, 0.3) is 10.9 Å². The number of carbonyl (C=O) groups is 1. The number of hydrogen-bond acceptors (Lipinski definition) is 5. The van der Waals surface area contributed by atoms with Gasteiger partial charge in [-0.25, -0.2) is 12.0 Å².